The van der Waals surface area contributed by atoms with E-state index in [1.807, 2.05) is 0 Å². The Hall–Kier alpha value is -2.23. The van der Waals surface area contributed by atoms with Crippen LogP contribution >= 0.6 is 0 Å². The van der Waals surface area contributed by atoms with Crippen LogP contribution in [-0.2, 0) is 17.6 Å². The highest BCUT2D eigenvalue weighted by atomic mass is 19.4. The van der Waals surface area contributed by atoms with Crippen LogP contribution in [0.25, 0.3) is 0 Å². The molecule has 0 heterocycles. The van der Waals surface area contributed by atoms with Crippen LogP contribution in [0.15, 0.2) is 12.1 Å². The van der Waals surface area contributed by atoms with Gasteiger partial charge in [0, 0.05) is 5.56 Å². The van der Waals surface area contributed by atoms with Gasteiger partial charge in [0.05, 0.1) is 18.1 Å². The SMILES string of the molecule is CCc1cc(C#N)c(CC(=O)O)c(OC(F)(F)F)c1. The number of nitrogens with zero attached hydrogens (tertiary/aromatic N) is 1. The summed E-state index contributed by atoms with van der Waals surface area (Å²) in [6.07, 6.45) is -5.25. The van der Waals surface area contributed by atoms with E-state index >= 15 is 0 Å². The lowest BCUT2D eigenvalue weighted by Gasteiger charge is -2.15. The molecule has 1 aromatic rings. The van der Waals surface area contributed by atoms with E-state index in [4.69, 9.17) is 10.4 Å². The first-order valence-corrected chi connectivity index (χ1v) is 5.30. The summed E-state index contributed by atoms with van der Waals surface area (Å²) in [6, 6.07) is 4.16. The van der Waals surface area contributed by atoms with Crippen molar-refractivity contribution in [3.63, 3.8) is 0 Å². The third kappa shape index (κ3) is 4.17. The number of hydrogen-bond donors (Lipinski definition) is 1. The second kappa shape index (κ2) is 5.61. The van der Waals surface area contributed by atoms with Crippen LogP contribution in [0.2, 0.25) is 0 Å². The minimum absolute atomic E-state index is 0.124. The average molecular weight is 273 g/mol. The van der Waals surface area contributed by atoms with E-state index in [1.165, 1.54) is 6.07 Å². The molecule has 19 heavy (non-hydrogen) atoms. The van der Waals surface area contributed by atoms with Crippen LogP contribution in [0, 0.1) is 11.3 Å². The molecule has 0 bridgehead atoms. The number of aryl methyl sites for hydroxylation is 1. The van der Waals surface area contributed by atoms with Crippen molar-refractivity contribution < 1.29 is 27.8 Å². The average Bonchev–Trinajstić information content (AvgIpc) is 2.28. The Bertz CT molecular complexity index is 532. The van der Waals surface area contributed by atoms with E-state index in [0.717, 1.165) is 6.07 Å². The second-order valence-corrected chi connectivity index (χ2v) is 3.70. The Balaban J connectivity index is 3.38. The number of carboxylic acids is 1. The molecule has 0 aliphatic heterocycles. The Morgan fingerprint density at radius 1 is 1.47 bits per heavy atom. The molecule has 0 saturated heterocycles. The maximum Gasteiger partial charge on any atom is 0.573 e. The van der Waals surface area contributed by atoms with Crippen LogP contribution in [0.1, 0.15) is 23.6 Å². The van der Waals surface area contributed by atoms with E-state index < -0.39 is 24.5 Å². The summed E-state index contributed by atoms with van der Waals surface area (Å²) >= 11 is 0. The number of ether oxygens (including phenoxy) is 1. The number of benzene rings is 1. The molecule has 0 saturated carbocycles. The van der Waals surface area contributed by atoms with E-state index in [9.17, 15) is 18.0 Å². The Morgan fingerprint density at radius 2 is 2.11 bits per heavy atom. The zero-order valence-corrected chi connectivity index (χ0v) is 9.91. The summed E-state index contributed by atoms with van der Waals surface area (Å²) in [5.41, 5.74) is 0.0652. The smallest absolute Gasteiger partial charge is 0.481 e. The van der Waals surface area contributed by atoms with Gasteiger partial charge in [0.25, 0.3) is 0 Å². The van der Waals surface area contributed by atoms with Gasteiger partial charge in [0.15, 0.2) is 0 Å². The van der Waals surface area contributed by atoms with E-state index in [0.29, 0.717) is 12.0 Å². The molecule has 0 unspecified atom stereocenters. The number of hydrogen-bond acceptors (Lipinski definition) is 3. The molecule has 102 valence electrons. The molecule has 0 amide bonds. The van der Waals surface area contributed by atoms with E-state index in [2.05, 4.69) is 4.74 Å². The molecule has 7 heteroatoms. The number of rotatable bonds is 4. The largest absolute Gasteiger partial charge is 0.573 e. The van der Waals surface area contributed by atoms with Crippen LogP contribution in [0.3, 0.4) is 0 Å². The molecule has 0 fully saturated rings. The number of aliphatic carboxylic acids is 1. The molecular formula is C12H10F3NO3. The van der Waals surface area contributed by atoms with Gasteiger partial charge in [0.1, 0.15) is 5.75 Å². The Kier molecular flexibility index (Phi) is 4.38. The van der Waals surface area contributed by atoms with Crippen molar-refractivity contribution in [1.82, 2.24) is 0 Å². The highest BCUT2D eigenvalue weighted by Crippen LogP contribution is 2.30. The van der Waals surface area contributed by atoms with E-state index in [-0.39, 0.29) is 11.1 Å². The normalized spacial score (nSPS) is 10.9. The number of halogens is 3. The number of carboxylic acid groups (broad SMARTS) is 1. The molecule has 1 rings (SSSR count). The number of nitriles is 1. The van der Waals surface area contributed by atoms with Crippen LogP contribution in [0.4, 0.5) is 13.2 Å². The van der Waals surface area contributed by atoms with Gasteiger partial charge in [-0.05, 0) is 24.1 Å². The molecule has 0 spiro atoms. The molecule has 1 aromatic carbocycles. The summed E-state index contributed by atoms with van der Waals surface area (Å²) in [5, 5.41) is 17.6. The molecule has 0 aromatic heterocycles. The summed E-state index contributed by atoms with van der Waals surface area (Å²) < 4.78 is 40.6. The van der Waals surface area contributed by atoms with Crippen molar-refractivity contribution in [3.8, 4) is 11.8 Å². The fourth-order valence-electron chi connectivity index (χ4n) is 1.56. The maximum absolute atomic E-state index is 12.3. The van der Waals surface area contributed by atoms with Gasteiger partial charge in [-0.15, -0.1) is 13.2 Å². The lowest BCUT2D eigenvalue weighted by molar-refractivity contribution is -0.275. The third-order valence-electron chi connectivity index (χ3n) is 2.35. The van der Waals surface area contributed by atoms with Crippen molar-refractivity contribution in [2.75, 3.05) is 0 Å². The molecule has 0 aliphatic carbocycles. The molecule has 0 atom stereocenters. The lowest BCUT2D eigenvalue weighted by Crippen LogP contribution is -2.19. The van der Waals surface area contributed by atoms with Gasteiger partial charge in [-0.1, -0.05) is 6.92 Å². The summed E-state index contributed by atoms with van der Waals surface area (Å²) in [7, 11) is 0. The predicted octanol–water partition coefficient (Wildman–Crippen LogP) is 2.65. The Labute approximate surface area is 107 Å². The first-order chi connectivity index (χ1) is 8.76. The molecule has 1 N–H and O–H groups in total. The van der Waals surface area contributed by atoms with Gasteiger partial charge in [-0.3, -0.25) is 4.79 Å². The van der Waals surface area contributed by atoms with Crippen molar-refractivity contribution in [1.29, 1.82) is 5.26 Å². The van der Waals surface area contributed by atoms with Gasteiger partial charge in [-0.2, -0.15) is 5.26 Å². The van der Waals surface area contributed by atoms with Gasteiger partial charge in [-0.25, -0.2) is 0 Å². The minimum atomic E-state index is -4.94. The topological polar surface area (TPSA) is 70.3 Å². The minimum Gasteiger partial charge on any atom is -0.481 e. The van der Waals surface area contributed by atoms with Gasteiger partial charge in [0.2, 0.25) is 0 Å². The number of alkyl halides is 3. The lowest BCUT2D eigenvalue weighted by atomic mass is 9.99. The first kappa shape index (κ1) is 14.8. The fraction of sp³-hybridized carbons (Fsp3) is 0.333. The highest BCUT2D eigenvalue weighted by Gasteiger charge is 2.33. The zero-order valence-electron chi connectivity index (χ0n) is 9.91. The second-order valence-electron chi connectivity index (χ2n) is 3.70. The molecule has 4 nitrogen and oxygen atoms in total. The van der Waals surface area contributed by atoms with E-state index in [1.54, 1.807) is 13.0 Å². The van der Waals surface area contributed by atoms with Crippen LogP contribution in [0.5, 0.6) is 5.75 Å². The standard InChI is InChI=1S/C12H10F3NO3/c1-2-7-3-8(6-16)9(5-11(17)18)10(4-7)19-12(13,14)15/h3-4H,2,5H2,1H3,(H,17,18). The van der Waals surface area contributed by atoms with Crippen molar-refractivity contribution >= 4 is 5.97 Å². The summed E-state index contributed by atoms with van der Waals surface area (Å²) in [4.78, 5) is 10.7. The predicted molar refractivity (Wildman–Crippen MR) is 58.6 cm³/mol. The monoisotopic (exact) mass is 273 g/mol. The van der Waals surface area contributed by atoms with Gasteiger partial charge < -0.3 is 9.84 Å². The zero-order chi connectivity index (χ0) is 14.6. The number of carbonyl (C=O) groups is 1. The van der Waals surface area contributed by atoms with Gasteiger partial charge >= 0.3 is 12.3 Å². The maximum atomic E-state index is 12.3. The molecule has 0 radical (unpaired) electrons. The Morgan fingerprint density at radius 3 is 2.53 bits per heavy atom. The first-order valence-electron chi connectivity index (χ1n) is 5.30. The summed E-state index contributed by atoms with van der Waals surface area (Å²) in [6.45, 7) is 1.70. The van der Waals surface area contributed by atoms with Crippen LogP contribution < -0.4 is 4.74 Å². The highest BCUT2D eigenvalue weighted by molar-refractivity contribution is 5.73. The molecule has 0 aliphatic rings. The van der Waals surface area contributed by atoms with Crippen LogP contribution in [-0.4, -0.2) is 17.4 Å². The van der Waals surface area contributed by atoms with Crippen molar-refractivity contribution in [2.24, 2.45) is 0 Å². The fourth-order valence-corrected chi connectivity index (χ4v) is 1.56. The quantitative estimate of drug-likeness (QED) is 0.915. The molecular weight excluding hydrogens is 263 g/mol. The van der Waals surface area contributed by atoms with Crippen molar-refractivity contribution in [3.05, 3.63) is 28.8 Å². The third-order valence-corrected chi connectivity index (χ3v) is 2.35. The van der Waals surface area contributed by atoms with Crippen molar-refractivity contribution in [2.45, 2.75) is 26.1 Å². The summed E-state index contributed by atoms with van der Waals surface area (Å²) in [5.74, 6) is -1.97.